The molecule has 1 aliphatic rings. The first kappa shape index (κ1) is 18.8. The Hall–Kier alpha value is -2.58. The molecular formula is C20H22N2O5S. The highest BCUT2D eigenvalue weighted by atomic mass is 32.2. The Morgan fingerprint density at radius 1 is 1.21 bits per heavy atom. The van der Waals surface area contributed by atoms with Crippen molar-refractivity contribution in [2.24, 2.45) is 0 Å². The van der Waals surface area contributed by atoms with Crippen LogP contribution in [0.4, 0.5) is 0 Å². The van der Waals surface area contributed by atoms with E-state index in [0.29, 0.717) is 11.5 Å². The Bertz CT molecular complexity index is 1110. The van der Waals surface area contributed by atoms with Crippen LogP contribution in [0.5, 0.6) is 5.75 Å². The molecule has 1 N–H and O–H groups in total. The summed E-state index contributed by atoms with van der Waals surface area (Å²) in [5.74, 6) is 1.55. The second kappa shape index (κ2) is 7.10. The average Bonchev–Trinajstić information content (AvgIpc) is 3.29. The van der Waals surface area contributed by atoms with Crippen molar-refractivity contribution in [3.8, 4) is 17.3 Å². The monoisotopic (exact) mass is 402 g/mol. The van der Waals surface area contributed by atoms with Crippen molar-refractivity contribution in [2.75, 3.05) is 7.11 Å². The second-order valence-corrected chi connectivity index (χ2v) is 8.62. The van der Waals surface area contributed by atoms with Crippen LogP contribution in [0.15, 0.2) is 44.4 Å². The predicted octanol–water partition coefficient (Wildman–Crippen LogP) is 3.92. The molecule has 148 valence electrons. The summed E-state index contributed by atoms with van der Waals surface area (Å²) in [5, 5.41) is 3.74. The lowest BCUT2D eigenvalue weighted by Crippen LogP contribution is -2.30. The standard InChI is InChI=1S/C20H22N2O5S/c1-12-13(2)21-27-20(12)18-9-10-19(26-18)28(23,24)22-17-6-4-5-14-11-15(25-3)7-8-16(14)17/h7-11,17,22H,4-6H2,1-3H3. The van der Waals surface area contributed by atoms with Gasteiger partial charge >= 0.3 is 0 Å². The van der Waals surface area contributed by atoms with Crippen molar-refractivity contribution < 1.29 is 22.1 Å². The van der Waals surface area contributed by atoms with Crippen LogP contribution in [0.3, 0.4) is 0 Å². The first-order valence-electron chi connectivity index (χ1n) is 9.11. The van der Waals surface area contributed by atoms with Crippen LogP contribution in [-0.4, -0.2) is 20.7 Å². The van der Waals surface area contributed by atoms with E-state index in [1.165, 1.54) is 6.07 Å². The van der Waals surface area contributed by atoms with Gasteiger partial charge in [0, 0.05) is 11.6 Å². The van der Waals surface area contributed by atoms with Gasteiger partial charge in [-0.15, -0.1) is 0 Å². The lowest BCUT2D eigenvalue weighted by Gasteiger charge is -2.26. The average molecular weight is 402 g/mol. The SMILES string of the molecule is COc1ccc2c(c1)CCCC2NS(=O)(=O)c1ccc(-c2onc(C)c2C)o1. The van der Waals surface area contributed by atoms with E-state index in [9.17, 15) is 8.42 Å². The number of aryl methyl sites for hydroxylation is 2. The third-order valence-corrected chi connectivity index (χ3v) is 6.53. The molecule has 0 bridgehead atoms. The van der Waals surface area contributed by atoms with Gasteiger partial charge in [0.1, 0.15) is 5.75 Å². The van der Waals surface area contributed by atoms with E-state index < -0.39 is 10.0 Å². The Morgan fingerprint density at radius 3 is 2.75 bits per heavy atom. The highest BCUT2D eigenvalue weighted by molar-refractivity contribution is 7.89. The maximum absolute atomic E-state index is 12.9. The Labute approximate surface area is 163 Å². The molecule has 0 saturated carbocycles. The van der Waals surface area contributed by atoms with E-state index >= 15 is 0 Å². The van der Waals surface area contributed by atoms with Gasteiger partial charge in [-0.3, -0.25) is 0 Å². The molecule has 3 aromatic rings. The lowest BCUT2D eigenvalue weighted by molar-refractivity contribution is 0.395. The number of benzene rings is 1. The zero-order valence-corrected chi connectivity index (χ0v) is 16.8. The quantitative estimate of drug-likeness (QED) is 0.695. The molecule has 8 heteroatoms. The maximum Gasteiger partial charge on any atom is 0.274 e. The Morgan fingerprint density at radius 2 is 2.04 bits per heavy atom. The van der Waals surface area contributed by atoms with Crippen molar-refractivity contribution in [3.05, 3.63) is 52.7 Å². The van der Waals surface area contributed by atoms with Crippen LogP contribution in [-0.2, 0) is 16.4 Å². The van der Waals surface area contributed by atoms with Gasteiger partial charge in [-0.1, -0.05) is 11.2 Å². The highest BCUT2D eigenvalue weighted by Crippen LogP contribution is 2.34. The molecule has 0 spiro atoms. The topological polar surface area (TPSA) is 94.6 Å². The summed E-state index contributed by atoms with van der Waals surface area (Å²) < 4.78 is 44.7. The summed E-state index contributed by atoms with van der Waals surface area (Å²) in [6.07, 6.45) is 2.53. The lowest BCUT2D eigenvalue weighted by atomic mass is 9.88. The number of fused-ring (bicyclic) bond motifs is 1. The van der Waals surface area contributed by atoms with E-state index in [2.05, 4.69) is 9.88 Å². The number of hydrogen-bond acceptors (Lipinski definition) is 6. The summed E-state index contributed by atoms with van der Waals surface area (Å²) in [5.41, 5.74) is 3.64. The summed E-state index contributed by atoms with van der Waals surface area (Å²) in [4.78, 5) is 0. The van der Waals surface area contributed by atoms with Crippen molar-refractivity contribution >= 4 is 10.0 Å². The molecule has 1 aromatic carbocycles. The molecule has 4 rings (SSSR count). The van der Waals surface area contributed by atoms with Crippen molar-refractivity contribution in [3.63, 3.8) is 0 Å². The molecule has 0 radical (unpaired) electrons. The van der Waals surface area contributed by atoms with E-state index in [1.807, 2.05) is 32.0 Å². The molecule has 0 aliphatic heterocycles. The maximum atomic E-state index is 12.9. The van der Waals surface area contributed by atoms with Gasteiger partial charge in [0.15, 0.2) is 5.76 Å². The van der Waals surface area contributed by atoms with Gasteiger partial charge in [0.2, 0.25) is 10.9 Å². The van der Waals surface area contributed by atoms with Crippen LogP contribution in [0, 0.1) is 13.8 Å². The summed E-state index contributed by atoms with van der Waals surface area (Å²) in [6.45, 7) is 3.67. The van der Waals surface area contributed by atoms with Crippen molar-refractivity contribution in [2.45, 2.75) is 44.2 Å². The predicted molar refractivity (Wildman–Crippen MR) is 103 cm³/mol. The van der Waals surface area contributed by atoms with Gasteiger partial charge in [-0.05, 0) is 68.5 Å². The van der Waals surface area contributed by atoms with Gasteiger partial charge in [0.25, 0.3) is 10.0 Å². The number of rotatable bonds is 5. The molecule has 2 aromatic heterocycles. The number of methoxy groups -OCH3 is 1. The summed E-state index contributed by atoms with van der Waals surface area (Å²) in [7, 11) is -2.20. The largest absolute Gasteiger partial charge is 0.497 e. The Kier molecular flexibility index (Phi) is 4.76. The highest BCUT2D eigenvalue weighted by Gasteiger charge is 2.28. The van der Waals surface area contributed by atoms with E-state index in [4.69, 9.17) is 13.7 Å². The Balaban J connectivity index is 1.60. The number of furan rings is 1. The van der Waals surface area contributed by atoms with E-state index in [0.717, 1.165) is 47.4 Å². The van der Waals surface area contributed by atoms with Crippen LogP contribution >= 0.6 is 0 Å². The van der Waals surface area contributed by atoms with Gasteiger partial charge < -0.3 is 13.7 Å². The summed E-state index contributed by atoms with van der Waals surface area (Å²) >= 11 is 0. The molecular weight excluding hydrogens is 380 g/mol. The molecule has 0 saturated heterocycles. The fourth-order valence-electron chi connectivity index (χ4n) is 3.52. The number of aromatic nitrogens is 1. The van der Waals surface area contributed by atoms with Crippen molar-refractivity contribution in [1.82, 2.24) is 9.88 Å². The summed E-state index contributed by atoms with van der Waals surface area (Å²) in [6, 6.07) is 8.46. The fourth-order valence-corrected chi connectivity index (χ4v) is 4.70. The molecule has 2 heterocycles. The van der Waals surface area contributed by atoms with Gasteiger partial charge in [-0.25, -0.2) is 13.1 Å². The third kappa shape index (κ3) is 3.33. The minimum absolute atomic E-state index is 0.142. The number of ether oxygens (including phenoxy) is 1. The van der Waals surface area contributed by atoms with Crippen LogP contribution in [0.25, 0.3) is 11.5 Å². The van der Waals surface area contributed by atoms with Gasteiger partial charge in [-0.2, -0.15) is 0 Å². The molecule has 0 fully saturated rings. The minimum Gasteiger partial charge on any atom is -0.497 e. The third-order valence-electron chi connectivity index (χ3n) is 5.19. The molecule has 1 atom stereocenters. The van der Waals surface area contributed by atoms with E-state index in [1.54, 1.807) is 13.2 Å². The van der Waals surface area contributed by atoms with E-state index in [-0.39, 0.29) is 11.1 Å². The van der Waals surface area contributed by atoms with Crippen molar-refractivity contribution in [1.29, 1.82) is 0 Å². The second-order valence-electron chi connectivity index (χ2n) is 6.97. The molecule has 1 unspecified atom stereocenters. The smallest absolute Gasteiger partial charge is 0.274 e. The normalized spacial score (nSPS) is 16.8. The van der Waals surface area contributed by atoms with Gasteiger partial charge in [0.05, 0.1) is 12.8 Å². The zero-order chi connectivity index (χ0) is 19.9. The number of nitrogens with one attached hydrogen (secondary N) is 1. The molecule has 7 nitrogen and oxygen atoms in total. The molecule has 0 amide bonds. The van der Waals surface area contributed by atoms with Crippen LogP contribution in [0.1, 0.15) is 41.3 Å². The van der Waals surface area contributed by atoms with Crippen LogP contribution in [0.2, 0.25) is 0 Å². The zero-order valence-electron chi connectivity index (χ0n) is 16.0. The van der Waals surface area contributed by atoms with Crippen LogP contribution < -0.4 is 9.46 Å². The fraction of sp³-hybridized carbons (Fsp3) is 0.350. The molecule has 1 aliphatic carbocycles. The minimum atomic E-state index is -3.82. The number of sulfonamides is 1. The number of hydrogen-bond donors (Lipinski definition) is 1. The molecule has 28 heavy (non-hydrogen) atoms. The number of nitrogens with zero attached hydrogens (tertiary/aromatic N) is 1. The first-order chi connectivity index (χ1) is 13.4. The first-order valence-corrected chi connectivity index (χ1v) is 10.6.